The Kier molecular flexibility index (Phi) is 8.44. The maximum absolute atomic E-state index is 13.2. The van der Waals surface area contributed by atoms with Crippen LogP contribution in [-0.2, 0) is 14.3 Å². The summed E-state index contributed by atoms with van der Waals surface area (Å²) in [4.78, 5) is 30.2. The number of morpholine rings is 1. The fraction of sp³-hybridized carbons (Fsp3) is 0.407. The predicted octanol–water partition coefficient (Wildman–Crippen LogP) is 4.27. The van der Waals surface area contributed by atoms with Gasteiger partial charge >= 0.3 is 0 Å². The Bertz CT molecular complexity index is 1080. The van der Waals surface area contributed by atoms with Crippen molar-refractivity contribution >= 4 is 29.1 Å². The third-order valence-electron chi connectivity index (χ3n) is 6.28. The lowest BCUT2D eigenvalue weighted by Gasteiger charge is -2.29. The first kappa shape index (κ1) is 25.2. The van der Waals surface area contributed by atoms with Crippen molar-refractivity contribution in [3.8, 4) is 5.75 Å². The van der Waals surface area contributed by atoms with Crippen molar-refractivity contribution in [2.75, 3.05) is 46.0 Å². The fourth-order valence-electron chi connectivity index (χ4n) is 4.50. The van der Waals surface area contributed by atoms with Crippen molar-refractivity contribution in [2.24, 2.45) is 0 Å². The van der Waals surface area contributed by atoms with Gasteiger partial charge in [0.05, 0.1) is 31.4 Å². The molecule has 2 aliphatic heterocycles. The van der Waals surface area contributed by atoms with Gasteiger partial charge in [-0.1, -0.05) is 30.7 Å². The Hall–Kier alpha value is -2.87. The lowest BCUT2D eigenvalue weighted by molar-refractivity contribution is -0.140. The second-order valence-corrected chi connectivity index (χ2v) is 9.16. The number of ketones is 1. The van der Waals surface area contributed by atoms with Crippen LogP contribution >= 0.6 is 11.6 Å². The minimum absolute atomic E-state index is 0.0799. The van der Waals surface area contributed by atoms with Gasteiger partial charge in [0.1, 0.15) is 11.5 Å². The van der Waals surface area contributed by atoms with E-state index in [-0.39, 0.29) is 11.3 Å². The Balaban J connectivity index is 1.67. The number of nitrogens with zero attached hydrogens (tertiary/aromatic N) is 2. The van der Waals surface area contributed by atoms with Crippen LogP contribution in [-0.4, -0.2) is 72.6 Å². The molecule has 0 unspecified atom stereocenters. The Labute approximate surface area is 210 Å². The minimum atomic E-state index is -0.708. The summed E-state index contributed by atoms with van der Waals surface area (Å²) in [5.74, 6) is -0.837. The van der Waals surface area contributed by atoms with Crippen molar-refractivity contribution < 1.29 is 24.2 Å². The van der Waals surface area contributed by atoms with E-state index in [1.807, 2.05) is 31.2 Å². The highest BCUT2D eigenvalue weighted by Gasteiger charge is 2.46. The summed E-state index contributed by atoms with van der Waals surface area (Å²) in [5.41, 5.74) is 1.24. The number of carbonyl (C=O) groups is 2. The smallest absolute Gasteiger partial charge is 0.295 e. The molecule has 0 radical (unpaired) electrons. The topological polar surface area (TPSA) is 79.3 Å². The predicted molar refractivity (Wildman–Crippen MR) is 135 cm³/mol. The van der Waals surface area contributed by atoms with Crippen molar-refractivity contribution in [3.05, 3.63) is 70.3 Å². The van der Waals surface area contributed by atoms with Crippen molar-refractivity contribution in [1.82, 2.24) is 9.80 Å². The zero-order valence-electron chi connectivity index (χ0n) is 19.9. The van der Waals surface area contributed by atoms with Crippen LogP contribution in [0.25, 0.3) is 5.76 Å². The molecule has 35 heavy (non-hydrogen) atoms. The summed E-state index contributed by atoms with van der Waals surface area (Å²) < 4.78 is 11.2. The van der Waals surface area contributed by atoms with Gasteiger partial charge in [0.15, 0.2) is 0 Å². The quantitative estimate of drug-likeness (QED) is 0.316. The summed E-state index contributed by atoms with van der Waals surface area (Å²) in [6.07, 6.45) is 1.57. The molecule has 0 saturated carbocycles. The molecule has 2 saturated heterocycles. The van der Waals surface area contributed by atoms with Crippen LogP contribution in [0.15, 0.2) is 54.1 Å². The fourth-order valence-corrected chi connectivity index (χ4v) is 4.63. The average molecular weight is 499 g/mol. The lowest BCUT2D eigenvalue weighted by Crippen LogP contribution is -2.38. The number of carbonyl (C=O) groups excluding carboxylic acids is 2. The van der Waals surface area contributed by atoms with Crippen LogP contribution < -0.4 is 4.74 Å². The van der Waals surface area contributed by atoms with E-state index in [1.54, 1.807) is 29.2 Å². The third-order valence-corrected chi connectivity index (χ3v) is 6.53. The molecule has 2 fully saturated rings. The number of aliphatic hydroxyl groups is 1. The third kappa shape index (κ3) is 5.86. The molecule has 1 N–H and O–H groups in total. The number of benzene rings is 2. The molecular formula is C27H31ClN2O5. The highest BCUT2D eigenvalue weighted by atomic mass is 35.5. The van der Waals surface area contributed by atoms with E-state index in [2.05, 4.69) is 4.90 Å². The first-order valence-electron chi connectivity index (χ1n) is 12.1. The minimum Gasteiger partial charge on any atom is -0.507 e. The van der Waals surface area contributed by atoms with E-state index in [9.17, 15) is 14.7 Å². The van der Waals surface area contributed by atoms with Crippen LogP contribution in [0.3, 0.4) is 0 Å². The van der Waals surface area contributed by atoms with Gasteiger partial charge in [-0.3, -0.25) is 14.5 Å². The van der Waals surface area contributed by atoms with Gasteiger partial charge in [0.2, 0.25) is 0 Å². The van der Waals surface area contributed by atoms with Crippen molar-refractivity contribution in [2.45, 2.75) is 25.8 Å². The van der Waals surface area contributed by atoms with Gasteiger partial charge in [-0.25, -0.2) is 0 Å². The summed E-state index contributed by atoms with van der Waals surface area (Å²) in [6, 6.07) is 13.3. The van der Waals surface area contributed by atoms with Gasteiger partial charge in [0.25, 0.3) is 11.7 Å². The van der Waals surface area contributed by atoms with Gasteiger partial charge in [-0.15, -0.1) is 0 Å². The van der Waals surface area contributed by atoms with E-state index in [0.717, 1.165) is 31.6 Å². The maximum atomic E-state index is 13.2. The number of Topliss-reactive ketones (excluding diaryl/α,β-unsaturated/α-hetero) is 1. The second-order valence-electron chi connectivity index (χ2n) is 8.73. The number of ether oxygens (including phenoxy) is 2. The maximum Gasteiger partial charge on any atom is 0.295 e. The molecule has 1 atom stereocenters. The molecule has 1 amide bonds. The number of amides is 1. The van der Waals surface area contributed by atoms with E-state index in [1.165, 1.54) is 0 Å². The molecule has 0 spiro atoms. The van der Waals surface area contributed by atoms with Crippen LogP contribution in [0.2, 0.25) is 5.02 Å². The zero-order valence-corrected chi connectivity index (χ0v) is 20.7. The summed E-state index contributed by atoms with van der Waals surface area (Å²) >= 11 is 6.00. The van der Waals surface area contributed by atoms with Gasteiger partial charge in [0, 0.05) is 36.8 Å². The van der Waals surface area contributed by atoms with Crippen LogP contribution in [0.1, 0.15) is 36.9 Å². The Morgan fingerprint density at radius 3 is 2.57 bits per heavy atom. The summed E-state index contributed by atoms with van der Waals surface area (Å²) in [6.45, 7) is 6.91. The Morgan fingerprint density at radius 2 is 1.86 bits per heavy atom. The van der Waals surface area contributed by atoms with E-state index >= 15 is 0 Å². The number of likely N-dealkylation sites (tertiary alicyclic amines) is 1. The highest BCUT2D eigenvalue weighted by molar-refractivity contribution is 6.46. The summed E-state index contributed by atoms with van der Waals surface area (Å²) in [7, 11) is 0. The molecule has 0 aromatic heterocycles. The first-order valence-corrected chi connectivity index (χ1v) is 12.4. The molecule has 8 heteroatoms. The molecule has 0 bridgehead atoms. The van der Waals surface area contributed by atoms with E-state index in [4.69, 9.17) is 21.1 Å². The average Bonchev–Trinajstić information content (AvgIpc) is 3.13. The largest absolute Gasteiger partial charge is 0.507 e. The molecule has 2 heterocycles. The number of aliphatic hydroxyl groups excluding tert-OH is 1. The number of hydrogen-bond donors (Lipinski definition) is 1. The van der Waals surface area contributed by atoms with Gasteiger partial charge in [-0.2, -0.15) is 0 Å². The monoisotopic (exact) mass is 498 g/mol. The standard InChI is InChI=1S/C27H31ClN2O5/c1-2-15-35-22-6-3-5-20(18-22)24-23(25(31)19-7-9-21(28)10-8-19)26(32)27(33)30(24)12-4-11-29-13-16-34-17-14-29/h3,5-10,18,24,31H,2,4,11-17H2,1H3/b25-23+/t24-/m1/s1. The molecular weight excluding hydrogens is 468 g/mol. The van der Waals surface area contributed by atoms with Crippen LogP contribution in [0.4, 0.5) is 0 Å². The van der Waals surface area contributed by atoms with Crippen LogP contribution in [0, 0.1) is 0 Å². The normalized spacial score (nSPS) is 20.4. The second kappa shape index (κ2) is 11.7. The molecule has 186 valence electrons. The molecule has 0 aliphatic carbocycles. The van der Waals surface area contributed by atoms with Gasteiger partial charge in [-0.05, 0) is 54.8 Å². The van der Waals surface area contributed by atoms with Crippen LogP contribution in [0.5, 0.6) is 5.75 Å². The van der Waals surface area contributed by atoms with Gasteiger partial charge < -0.3 is 19.5 Å². The summed E-state index contributed by atoms with van der Waals surface area (Å²) in [5, 5.41) is 11.7. The van der Waals surface area contributed by atoms with E-state index in [0.29, 0.717) is 49.1 Å². The Morgan fingerprint density at radius 1 is 1.11 bits per heavy atom. The number of halogens is 1. The number of hydrogen-bond acceptors (Lipinski definition) is 6. The molecule has 7 nitrogen and oxygen atoms in total. The molecule has 2 aromatic carbocycles. The molecule has 4 rings (SSSR count). The van der Waals surface area contributed by atoms with Crippen molar-refractivity contribution in [1.29, 1.82) is 0 Å². The van der Waals surface area contributed by atoms with Crippen molar-refractivity contribution in [3.63, 3.8) is 0 Å². The van der Waals surface area contributed by atoms with E-state index < -0.39 is 17.7 Å². The highest BCUT2D eigenvalue weighted by Crippen LogP contribution is 2.40. The lowest BCUT2D eigenvalue weighted by atomic mass is 9.95. The SMILES string of the molecule is CCCOc1cccc([C@@H]2/C(=C(\O)c3ccc(Cl)cc3)C(=O)C(=O)N2CCCN2CCOCC2)c1. The molecule has 2 aromatic rings. The number of rotatable bonds is 9. The molecule has 2 aliphatic rings. The zero-order chi connectivity index (χ0) is 24.8. The first-order chi connectivity index (χ1) is 17.0.